The zero-order valence-corrected chi connectivity index (χ0v) is 31.1. The summed E-state index contributed by atoms with van der Waals surface area (Å²) in [6.45, 7) is 25.9. The van der Waals surface area contributed by atoms with Crippen LogP contribution in [0.5, 0.6) is 0 Å². The molecule has 2 heterocycles. The van der Waals surface area contributed by atoms with Gasteiger partial charge in [-0.3, -0.25) is 18.7 Å². The molecule has 1 N–H and O–H groups in total. The molecule has 0 spiro atoms. The molecule has 0 amide bonds. The monoisotopic (exact) mass is 858 g/mol. The number of rotatable bonds is 13. The van der Waals surface area contributed by atoms with Crippen LogP contribution in [0.3, 0.4) is 0 Å². The van der Waals surface area contributed by atoms with Gasteiger partial charge in [0.1, 0.15) is 35.9 Å². The summed E-state index contributed by atoms with van der Waals surface area (Å²) in [4.78, 5) is 36.1. The van der Waals surface area contributed by atoms with Gasteiger partial charge < -0.3 is 27.9 Å². The number of benzene rings is 1. The van der Waals surface area contributed by atoms with E-state index in [9.17, 15) is 18.4 Å². The molecule has 15 nitrogen and oxygen atoms in total. The van der Waals surface area contributed by atoms with E-state index in [1.54, 1.807) is 46.1 Å². The van der Waals surface area contributed by atoms with Crippen molar-refractivity contribution in [2.75, 3.05) is 11.3 Å². The normalized spacial score (nSPS) is 11.0. The Bertz CT molecular complexity index is 1390. The Kier molecular flexibility index (Phi) is 22.9. The van der Waals surface area contributed by atoms with Gasteiger partial charge in [0.15, 0.2) is 0 Å². The zero-order valence-electron chi connectivity index (χ0n) is 27.6. The average Bonchev–Trinajstić information content (AvgIpc) is 3.62. The van der Waals surface area contributed by atoms with E-state index < -0.39 is 22.5 Å². The molecule has 1 unspecified atom stereocenters. The first-order chi connectivity index (χ1) is 22.2. The molecule has 3 aromatic rings. The first kappa shape index (κ1) is 46.5. The summed E-state index contributed by atoms with van der Waals surface area (Å²) in [6.07, 6.45) is 7.43. The third-order valence-electron chi connectivity index (χ3n) is 5.64. The topological polar surface area (TPSA) is 203 Å². The van der Waals surface area contributed by atoms with Crippen molar-refractivity contribution in [1.29, 1.82) is 0 Å². The molecular weight excluding hydrogens is 819 g/mol. The maximum absolute atomic E-state index is 12.5. The maximum Gasteiger partial charge on any atom is 0 e. The van der Waals surface area contributed by atoms with Crippen LogP contribution >= 0.6 is 0 Å². The number of ether oxygens (including phenoxy) is 2. The molecule has 261 valence electrons. The van der Waals surface area contributed by atoms with Crippen molar-refractivity contribution in [2.24, 2.45) is 0 Å². The molecule has 1 radical (unpaired) electrons. The molecular formula is C31H39N6O9ReS-. The van der Waals surface area contributed by atoms with Crippen LogP contribution in [0.4, 0.5) is 5.69 Å². The summed E-state index contributed by atoms with van der Waals surface area (Å²) >= 11 is -2.39. The molecule has 0 aliphatic heterocycles. The van der Waals surface area contributed by atoms with Gasteiger partial charge >= 0.3 is 45.8 Å². The summed E-state index contributed by atoms with van der Waals surface area (Å²) in [5, 5.41) is 0. The van der Waals surface area contributed by atoms with Gasteiger partial charge in [-0.2, -0.15) is 0 Å². The Morgan fingerprint density at radius 2 is 1.23 bits per heavy atom. The van der Waals surface area contributed by atoms with E-state index in [1.807, 2.05) is 53.7 Å². The number of carbonyl (C=O) groups excluding carboxylic acids is 2. The number of esters is 2. The molecule has 17 heteroatoms. The average molecular weight is 858 g/mol. The fraction of sp³-hybridized carbons (Fsp3) is 0.452. The molecule has 0 saturated heterocycles. The number of hydrogen-bond acceptors (Lipinski definition) is 9. The predicted octanol–water partition coefficient (Wildman–Crippen LogP) is 3.10. The minimum atomic E-state index is -2.39. The van der Waals surface area contributed by atoms with E-state index in [0.29, 0.717) is 43.4 Å². The van der Waals surface area contributed by atoms with Crippen molar-refractivity contribution in [3.05, 3.63) is 86.2 Å². The minimum Gasteiger partial charge on any atom is 0 e. The molecule has 0 saturated carbocycles. The summed E-state index contributed by atoms with van der Waals surface area (Å²) in [5.74, 6) is 0.644. The molecule has 1 atom stereocenters. The quantitative estimate of drug-likeness (QED) is 0.116. The Labute approximate surface area is 297 Å². The van der Waals surface area contributed by atoms with Crippen LogP contribution < -0.4 is 4.72 Å². The fourth-order valence-electron chi connectivity index (χ4n) is 4.03. The van der Waals surface area contributed by atoms with Gasteiger partial charge in [0, 0.05) is 68.7 Å². The summed E-state index contributed by atoms with van der Waals surface area (Å²) < 4.78 is 61.1. The first-order valence-corrected chi connectivity index (χ1v) is 15.0. The zero-order chi connectivity index (χ0) is 36.2. The van der Waals surface area contributed by atoms with Gasteiger partial charge in [-0.1, -0.05) is 12.1 Å². The van der Waals surface area contributed by atoms with Crippen LogP contribution in [0.2, 0.25) is 0 Å². The largest absolute Gasteiger partial charge is 0 e. The molecule has 0 aliphatic rings. The summed E-state index contributed by atoms with van der Waals surface area (Å²) in [6, 6.07) is 7.13. The van der Waals surface area contributed by atoms with Gasteiger partial charge in [0.05, 0.1) is 13.1 Å². The second-order valence-corrected chi connectivity index (χ2v) is 12.3. The number of aromatic nitrogens is 4. The van der Waals surface area contributed by atoms with E-state index in [1.165, 1.54) is 0 Å². The van der Waals surface area contributed by atoms with Crippen molar-refractivity contribution < 1.29 is 62.2 Å². The van der Waals surface area contributed by atoms with Crippen molar-refractivity contribution >= 4 is 28.9 Å². The number of nitrogens with one attached hydrogen (secondary N) is 1. The number of anilines is 1. The Hall–Kier alpha value is -3.67. The molecule has 1 aromatic carbocycles. The predicted molar refractivity (Wildman–Crippen MR) is 165 cm³/mol. The van der Waals surface area contributed by atoms with Crippen LogP contribution in [0.1, 0.15) is 58.8 Å². The van der Waals surface area contributed by atoms with Crippen molar-refractivity contribution in [3.63, 3.8) is 0 Å². The van der Waals surface area contributed by atoms with Crippen molar-refractivity contribution in [3.8, 4) is 0 Å². The van der Waals surface area contributed by atoms with Crippen LogP contribution in [-0.4, -0.2) is 62.4 Å². The van der Waals surface area contributed by atoms with Crippen molar-refractivity contribution in [2.45, 2.75) is 85.3 Å². The standard InChI is InChI=1S/C28H40N6O6S.3CO.Re/c1-27(2,3)39-25(35)19-33-15-12-29-23(33)17-32(14-11-21-7-9-22(10-8-21)31-41(37)38)18-24-30-13-16-34(24)20-26(36)40-28(4,5)6;3*1-2;/h7-10,12-13,15-16,31H,11,14,17-20H2,1-6H3,(H,37,38);;;;/p-1. The van der Waals surface area contributed by atoms with Gasteiger partial charge in [0.25, 0.3) is 0 Å². The van der Waals surface area contributed by atoms with Crippen LogP contribution in [0.15, 0.2) is 49.1 Å². The van der Waals surface area contributed by atoms with E-state index in [2.05, 4.69) is 39.5 Å². The third kappa shape index (κ3) is 19.2. The third-order valence-corrected chi connectivity index (χ3v) is 6.05. The smallest absolute Gasteiger partial charge is 0 e. The number of nitrogens with zero attached hydrogens (tertiary/aromatic N) is 5. The number of carbonyl (C=O) groups is 2. The van der Waals surface area contributed by atoms with E-state index >= 15 is 0 Å². The van der Waals surface area contributed by atoms with Crippen molar-refractivity contribution in [1.82, 2.24) is 24.0 Å². The molecule has 0 bridgehead atoms. The van der Waals surface area contributed by atoms with E-state index in [-0.39, 0.29) is 45.5 Å². The summed E-state index contributed by atoms with van der Waals surface area (Å²) in [5.41, 5.74) is 0.296. The molecule has 0 fully saturated rings. The number of imidazole rings is 2. The maximum atomic E-state index is 12.5. The molecule has 48 heavy (non-hydrogen) atoms. The van der Waals surface area contributed by atoms with Crippen LogP contribution in [0, 0.1) is 20.0 Å². The van der Waals surface area contributed by atoms with Gasteiger partial charge in [-0.05, 0) is 65.7 Å². The minimum absolute atomic E-state index is 0. The fourth-order valence-corrected chi connectivity index (χ4v) is 4.36. The van der Waals surface area contributed by atoms with Crippen LogP contribution in [-0.2, 0) is 97.3 Å². The second-order valence-electron chi connectivity index (χ2n) is 11.6. The first-order valence-electron chi connectivity index (χ1n) is 13.9. The number of hydrogen-bond donors (Lipinski definition) is 1. The Morgan fingerprint density at radius 3 is 1.58 bits per heavy atom. The van der Waals surface area contributed by atoms with Crippen LogP contribution in [0.25, 0.3) is 0 Å². The van der Waals surface area contributed by atoms with Gasteiger partial charge in [0.2, 0.25) is 0 Å². The Morgan fingerprint density at radius 1 is 0.833 bits per heavy atom. The molecule has 3 rings (SSSR count). The Balaban J connectivity index is 0. The van der Waals surface area contributed by atoms with E-state index in [4.69, 9.17) is 23.4 Å². The summed E-state index contributed by atoms with van der Waals surface area (Å²) in [7, 11) is 0. The SMILES string of the molecule is CC(C)(C)OC(=O)Cn1ccnc1CN(CCc1ccc(NS(=O)[O-])cc1)Cc1nccn1CC(=O)OC(C)(C)C.[C-]#[O+].[C-]#[O+].[C-]#[O+].[Re]. The van der Waals surface area contributed by atoms with Gasteiger partial charge in [-0.25, -0.2) is 9.97 Å². The molecule has 0 aliphatic carbocycles. The van der Waals surface area contributed by atoms with Gasteiger partial charge in [-0.15, -0.1) is 0 Å². The van der Waals surface area contributed by atoms with E-state index in [0.717, 1.165) is 5.56 Å². The second kappa shape index (κ2) is 23.6. The molecule has 2 aromatic heterocycles.